The van der Waals surface area contributed by atoms with Crippen LogP contribution >= 0.6 is 11.6 Å². The van der Waals surface area contributed by atoms with Gasteiger partial charge in [-0.3, -0.25) is 14.3 Å². The van der Waals surface area contributed by atoms with Crippen molar-refractivity contribution in [2.75, 3.05) is 13.1 Å². The molecule has 10 heteroatoms. The number of aliphatic hydroxyl groups excluding tert-OH is 1. The molecule has 3 aliphatic heterocycles. The third kappa shape index (κ3) is 4.61. The van der Waals surface area contributed by atoms with Crippen LogP contribution in [0.2, 0.25) is 5.02 Å². The van der Waals surface area contributed by atoms with E-state index in [1.807, 2.05) is 4.90 Å². The normalized spacial score (nSPS) is 25.4. The molecule has 2 atom stereocenters. The number of hydrogen-bond acceptors (Lipinski definition) is 5. The number of amides is 2. The highest BCUT2D eigenvalue weighted by Crippen LogP contribution is 2.39. The summed E-state index contributed by atoms with van der Waals surface area (Å²) in [5, 5.41) is 14.7. The summed E-state index contributed by atoms with van der Waals surface area (Å²) in [5.41, 5.74) is 2.43. The van der Waals surface area contributed by atoms with Crippen molar-refractivity contribution in [3.8, 4) is 5.75 Å². The first kappa shape index (κ1) is 24.7. The molecular weight excluding hydrogens is 499 g/mol. The second kappa shape index (κ2) is 9.91. The first-order valence-corrected chi connectivity index (χ1v) is 13.7. The first-order chi connectivity index (χ1) is 17.9. The Labute approximate surface area is 220 Å². The summed E-state index contributed by atoms with van der Waals surface area (Å²) in [7, 11) is 0. The van der Waals surface area contributed by atoms with E-state index in [4.69, 9.17) is 16.3 Å². The fraction of sp³-hybridized carbons (Fsp3) is 0.593. The summed E-state index contributed by atoms with van der Waals surface area (Å²) in [4.78, 5) is 30.5. The minimum absolute atomic E-state index is 0.00664. The van der Waals surface area contributed by atoms with Gasteiger partial charge >= 0.3 is 0 Å². The molecule has 198 valence electrons. The smallest absolute Gasteiger partial charge is 0.274 e. The molecule has 1 aromatic carbocycles. The molecule has 0 spiro atoms. The van der Waals surface area contributed by atoms with Crippen molar-refractivity contribution < 1.29 is 23.8 Å². The summed E-state index contributed by atoms with van der Waals surface area (Å²) in [5.74, 6) is -0.480. The molecule has 4 aliphatic rings. The molecule has 3 saturated heterocycles. The molecular formula is C27H32ClFN4O4. The standard InChI is InChI=1S/C27H32ClFN4O4/c28-21-4-2-5-22(29)26(21)37-19-13-16-7-8-17(14-19)33(16)24(35)15-32-23-6-1-3-20(23)25(30-32)27(36)31-11-9-18(34)10-12-31/h2,4-5,16-19,34H,1,3,6-15H2. The number of likely N-dealkylation sites (tertiary alicyclic amines) is 1. The molecule has 2 aromatic rings. The Balaban J connectivity index is 1.15. The van der Waals surface area contributed by atoms with Crippen molar-refractivity contribution in [2.24, 2.45) is 0 Å². The summed E-state index contributed by atoms with van der Waals surface area (Å²) in [6, 6.07) is 4.57. The lowest BCUT2D eigenvalue weighted by Gasteiger charge is -2.39. The molecule has 1 N–H and O–H groups in total. The quantitative estimate of drug-likeness (QED) is 0.640. The number of hydrogen-bond donors (Lipinski definition) is 1. The number of carbonyl (C=O) groups excluding carboxylic acids is 2. The monoisotopic (exact) mass is 530 g/mol. The molecule has 0 saturated carbocycles. The second-order valence-corrected chi connectivity index (χ2v) is 11.2. The van der Waals surface area contributed by atoms with E-state index in [1.165, 1.54) is 6.07 Å². The molecule has 6 rings (SSSR count). The van der Waals surface area contributed by atoms with Gasteiger partial charge in [-0.25, -0.2) is 4.39 Å². The van der Waals surface area contributed by atoms with Gasteiger partial charge in [0.1, 0.15) is 12.6 Å². The minimum Gasteiger partial charge on any atom is -0.486 e. The van der Waals surface area contributed by atoms with Crippen molar-refractivity contribution in [3.05, 3.63) is 46.0 Å². The molecule has 4 heterocycles. The Morgan fingerprint density at radius 1 is 1.11 bits per heavy atom. The molecule has 2 bridgehead atoms. The number of para-hydroxylation sites is 1. The van der Waals surface area contributed by atoms with Crippen LogP contribution in [0.5, 0.6) is 5.75 Å². The molecule has 2 amide bonds. The van der Waals surface area contributed by atoms with Crippen molar-refractivity contribution in [1.29, 1.82) is 0 Å². The molecule has 37 heavy (non-hydrogen) atoms. The minimum atomic E-state index is -0.475. The summed E-state index contributed by atoms with van der Waals surface area (Å²) < 4.78 is 22.0. The van der Waals surface area contributed by atoms with Gasteiger partial charge in [0.15, 0.2) is 17.3 Å². The lowest BCUT2D eigenvalue weighted by atomic mass is 9.99. The van der Waals surface area contributed by atoms with E-state index < -0.39 is 5.82 Å². The van der Waals surface area contributed by atoms with Crippen LogP contribution in [0.15, 0.2) is 18.2 Å². The van der Waals surface area contributed by atoms with Gasteiger partial charge in [0.2, 0.25) is 5.91 Å². The van der Waals surface area contributed by atoms with Crippen LogP contribution in [0.4, 0.5) is 4.39 Å². The summed E-state index contributed by atoms with van der Waals surface area (Å²) in [6.07, 6.45) is 6.23. The second-order valence-electron chi connectivity index (χ2n) is 10.8. The SMILES string of the molecule is O=C(c1nn(CC(=O)N2C3CCC2CC(Oc2c(F)cccc2Cl)C3)c2c1CCC2)N1CCC(O)CC1. The Morgan fingerprint density at radius 3 is 2.54 bits per heavy atom. The molecule has 3 fully saturated rings. The van der Waals surface area contributed by atoms with Gasteiger partial charge in [0, 0.05) is 49.3 Å². The Morgan fingerprint density at radius 2 is 1.84 bits per heavy atom. The van der Waals surface area contributed by atoms with E-state index in [9.17, 15) is 19.1 Å². The molecule has 1 aromatic heterocycles. The number of halogens is 2. The highest BCUT2D eigenvalue weighted by atomic mass is 35.5. The van der Waals surface area contributed by atoms with Gasteiger partial charge in [0.25, 0.3) is 5.91 Å². The zero-order valence-electron chi connectivity index (χ0n) is 20.7. The maximum Gasteiger partial charge on any atom is 0.274 e. The lowest BCUT2D eigenvalue weighted by Crippen LogP contribution is -2.50. The van der Waals surface area contributed by atoms with Crippen LogP contribution in [0, 0.1) is 5.82 Å². The number of aliphatic hydroxyl groups is 1. The highest BCUT2D eigenvalue weighted by Gasteiger charge is 2.44. The average Bonchev–Trinajstić information content (AvgIpc) is 3.55. The van der Waals surface area contributed by atoms with Crippen LogP contribution in [-0.2, 0) is 24.2 Å². The van der Waals surface area contributed by atoms with E-state index >= 15 is 0 Å². The van der Waals surface area contributed by atoms with Crippen LogP contribution in [0.3, 0.4) is 0 Å². The van der Waals surface area contributed by atoms with Gasteiger partial charge in [-0.2, -0.15) is 5.10 Å². The first-order valence-electron chi connectivity index (χ1n) is 13.4. The van der Waals surface area contributed by atoms with E-state index in [0.717, 1.165) is 43.4 Å². The van der Waals surface area contributed by atoms with Gasteiger partial charge in [0.05, 0.1) is 11.1 Å². The van der Waals surface area contributed by atoms with Crippen LogP contribution in [-0.4, -0.2) is 73.9 Å². The number of aromatic nitrogens is 2. The number of benzene rings is 1. The molecule has 0 radical (unpaired) electrons. The highest BCUT2D eigenvalue weighted by molar-refractivity contribution is 6.32. The zero-order valence-corrected chi connectivity index (χ0v) is 21.5. The zero-order chi connectivity index (χ0) is 25.7. The number of piperidine rings is 2. The Kier molecular flexibility index (Phi) is 6.61. The fourth-order valence-corrected chi connectivity index (χ4v) is 6.84. The van der Waals surface area contributed by atoms with Gasteiger partial charge in [-0.05, 0) is 57.1 Å². The number of carbonyl (C=O) groups is 2. The topological polar surface area (TPSA) is 87.9 Å². The summed E-state index contributed by atoms with van der Waals surface area (Å²) >= 11 is 6.16. The van der Waals surface area contributed by atoms with E-state index in [2.05, 4.69) is 5.10 Å². The van der Waals surface area contributed by atoms with E-state index in [-0.39, 0.29) is 53.4 Å². The maximum atomic E-state index is 14.2. The van der Waals surface area contributed by atoms with Crippen LogP contribution in [0.1, 0.15) is 66.7 Å². The summed E-state index contributed by atoms with van der Waals surface area (Å²) in [6.45, 7) is 1.17. The van der Waals surface area contributed by atoms with Gasteiger partial charge in [-0.1, -0.05) is 17.7 Å². The molecule has 2 unspecified atom stereocenters. The predicted octanol–water partition coefficient (Wildman–Crippen LogP) is 3.36. The third-order valence-corrected chi connectivity index (χ3v) is 8.73. The number of ether oxygens (including phenoxy) is 1. The van der Waals surface area contributed by atoms with Crippen molar-refractivity contribution >= 4 is 23.4 Å². The van der Waals surface area contributed by atoms with Crippen LogP contribution < -0.4 is 4.74 Å². The van der Waals surface area contributed by atoms with Gasteiger partial charge in [-0.15, -0.1) is 0 Å². The van der Waals surface area contributed by atoms with Crippen LogP contribution in [0.25, 0.3) is 0 Å². The van der Waals surface area contributed by atoms with Crippen molar-refractivity contribution in [1.82, 2.24) is 19.6 Å². The van der Waals surface area contributed by atoms with Crippen molar-refractivity contribution in [3.63, 3.8) is 0 Å². The lowest BCUT2D eigenvalue weighted by molar-refractivity contribution is -0.138. The van der Waals surface area contributed by atoms with E-state index in [0.29, 0.717) is 44.5 Å². The Hall–Kier alpha value is -2.65. The molecule has 1 aliphatic carbocycles. The van der Waals surface area contributed by atoms with Gasteiger partial charge < -0.3 is 19.6 Å². The number of nitrogens with zero attached hydrogens (tertiary/aromatic N) is 4. The maximum absolute atomic E-state index is 14.2. The van der Waals surface area contributed by atoms with E-state index in [1.54, 1.807) is 21.7 Å². The fourth-order valence-electron chi connectivity index (χ4n) is 6.63. The Bertz CT molecular complexity index is 1180. The molecule has 8 nitrogen and oxygen atoms in total. The largest absolute Gasteiger partial charge is 0.486 e. The van der Waals surface area contributed by atoms with Crippen molar-refractivity contribution in [2.45, 2.75) is 88.6 Å². The number of rotatable bonds is 5. The average molecular weight is 531 g/mol. The number of fused-ring (bicyclic) bond motifs is 3. The predicted molar refractivity (Wildman–Crippen MR) is 134 cm³/mol. The third-order valence-electron chi connectivity index (χ3n) is 8.43.